The van der Waals surface area contributed by atoms with Crippen molar-refractivity contribution in [2.45, 2.75) is 26.4 Å². The molecule has 1 amide bonds. The molecule has 0 bridgehead atoms. The lowest BCUT2D eigenvalue weighted by Crippen LogP contribution is -2.49. The summed E-state index contributed by atoms with van der Waals surface area (Å²) in [6.07, 6.45) is 1.36. The number of ether oxygens (including phenoxy) is 1. The maximum atomic E-state index is 12.0. The van der Waals surface area contributed by atoms with Crippen molar-refractivity contribution in [1.29, 1.82) is 0 Å². The molecule has 0 spiro atoms. The van der Waals surface area contributed by atoms with E-state index in [1.807, 2.05) is 0 Å². The Bertz CT molecular complexity index is 505. The largest absolute Gasteiger partial charge is 0.480 e. The van der Waals surface area contributed by atoms with Gasteiger partial charge in [0, 0.05) is 12.7 Å². The van der Waals surface area contributed by atoms with Gasteiger partial charge in [-0.15, -0.1) is 0 Å². The standard InChI is InChI=1S/C10H16N2O6S/c1-10(2,3)18-9(15)12-6-4-5-11(7-8(13)14)19(12,16)17/h4,6H,5,7H2,1-3H3,(H,13,14). The lowest BCUT2D eigenvalue weighted by atomic mass is 10.2. The molecule has 9 heteroatoms. The second-order valence-corrected chi connectivity index (χ2v) is 6.66. The Balaban J connectivity index is 2.96. The Labute approximate surface area is 111 Å². The third kappa shape index (κ3) is 3.93. The lowest BCUT2D eigenvalue weighted by molar-refractivity contribution is -0.137. The van der Waals surface area contributed by atoms with Crippen molar-refractivity contribution in [2.24, 2.45) is 0 Å². The molecular weight excluding hydrogens is 276 g/mol. The van der Waals surface area contributed by atoms with Crippen LogP contribution in [-0.2, 0) is 19.7 Å². The quantitative estimate of drug-likeness (QED) is 0.789. The minimum atomic E-state index is -4.21. The van der Waals surface area contributed by atoms with E-state index in [1.165, 1.54) is 6.08 Å². The molecule has 0 fully saturated rings. The smallest absolute Gasteiger partial charge is 0.429 e. The predicted octanol–water partition coefficient (Wildman–Crippen LogP) is 0.382. The van der Waals surface area contributed by atoms with E-state index >= 15 is 0 Å². The van der Waals surface area contributed by atoms with Gasteiger partial charge >= 0.3 is 22.3 Å². The molecule has 1 heterocycles. The molecule has 0 unspecified atom stereocenters. The fraction of sp³-hybridized carbons (Fsp3) is 0.600. The van der Waals surface area contributed by atoms with E-state index in [0.29, 0.717) is 8.61 Å². The molecule has 0 radical (unpaired) electrons. The van der Waals surface area contributed by atoms with Crippen LogP contribution in [0.25, 0.3) is 0 Å². The third-order valence-electron chi connectivity index (χ3n) is 2.01. The number of carbonyl (C=O) groups is 2. The summed E-state index contributed by atoms with van der Waals surface area (Å²) in [4.78, 5) is 22.4. The van der Waals surface area contributed by atoms with Crippen LogP contribution >= 0.6 is 0 Å². The van der Waals surface area contributed by atoms with E-state index in [4.69, 9.17) is 9.84 Å². The van der Waals surface area contributed by atoms with Crippen LogP contribution in [0, 0.1) is 0 Å². The highest BCUT2D eigenvalue weighted by molar-refractivity contribution is 7.87. The van der Waals surface area contributed by atoms with Crippen LogP contribution in [-0.4, -0.2) is 52.9 Å². The molecule has 0 aliphatic carbocycles. The first kappa shape index (κ1) is 15.4. The van der Waals surface area contributed by atoms with Crippen LogP contribution in [0.5, 0.6) is 0 Å². The summed E-state index contributed by atoms with van der Waals surface area (Å²) in [5, 5.41) is 8.64. The molecule has 0 aromatic rings. The van der Waals surface area contributed by atoms with Crippen LogP contribution in [0.15, 0.2) is 12.3 Å². The second kappa shape index (κ2) is 5.17. The summed E-state index contributed by atoms with van der Waals surface area (Å²) in [7, 11) is -4.21. The summed E-state index contributed by atoms with van der Waals surface area (Å²) in [6, 6.07) is 0. The highest BCUT2D eigenvalue weighted by atomic mass is 32.2. The van der Waals surface area contributed by atoms with Crippen LogP contribution in [0.2, 0.25) is 0 Å². The number of nitrogens with zero attached hydrogens (tertiary/aromatic N) is 2. The number of amides is 1. The Morgan fingerprint density at radius 1 is 1.37 bits per heavy atom. The van der Waals surface area contributed by atoms with Gasteiger partial charge in [-0.1, -0.05) is 6.08 Å². The minimum Gasteiger partial charge on any atom is -0.480 e. The average Bonchev–Trinajstić information content (AvgIpc) is 2.17. The Kier molecular flexibility index (Phi) is 4.21. The summed E-state index contributed by atoms with van der Waals surface area (Å²) in [5.41, 5.74) is -0.852. The molecule has 108 valence electrons. The van der Waals surface area contributed by atoms with Crippen molar-refractivity contribution < 1.29 is 27.9 Å². The molecule has 0 saturated carbocycles. The zero-order chi connectivity index (χ0) is 14.8. The van der Waals surface area contributed by atoms with Crippen molar-refractivity contribution in [3.8, 4) is 0 Å². The SMILES string of the molecule is CC(C)(C)OC(=O)N1C=CCN(CC(=O)O)S1(=O)=O. The second-order valence-electron chi connectivity index (χ2n) is 4.85. The van der Waals surface area contributed by atoms with Gasteiger partial charge in [-0.2, -0.15) is 17.0 Å². The van der Waals surface area contributed by atoms with Crippen molar-refractivity contribution in [3.63, 3.8) is 0 Å². The maximum absolute atomic E-state index is 12.0. The Morgan fingerprint density at radius 2 is 1.95 bits per heavy atom. The molecular formula is C10H16N2O6S. The molecule has 1 aliphatic rings. The normalized spacial score (nSPS) is 19.2. The number of hydrogen-bond donors (Lipinski definition) is 1. The molecule has 8 nitrogen and oxygen atoms in total. The topological polar surface area (TPSA) is 104 Å². The first-order valence-electron chi connectivity index (χ1n) is 5.45. The number of carboxylic acid groups (broad SMARTS) is 1. The van der Waals surface area contributed by atoms with E-state index in [-0.39, 0.29) is 6.54 Å². The first-order valence-corrected chi connectivity index (χ1v) is 6.84. The van der Waals surface area contributed by atoms with E-state index in [0.717, 1.165) is 6.20 Å². The minimum absolute atomic E-state index is 0.103. The molecule has 0 aromatic heterocycles. The maximum Gasteiger partial charge on any atom is 0.429 e. The van der Waals surface area contributed by atoms with Gasteiger partial charge in [-0.05, 0) is 20.8 Å². The van der Waals surface area contributed by atoms with Crippen LogP contribution in [0.3, 0.4) is 0 Å². The fourth-order valence-corrected chi connectivity index (χ4v) is 2.58. The summed E-state index contributed by atoms with van der Waals surface area (Å²) in [6.45, 7) is 3.97. The van der Waals surface area contributed by atoms with Gasteiger partial charge in [-0.25, -0.2) is 4.79 Å². The summed E-state index contributed by atoms with van der Waals surface area (Å²) < 4.78 is 30.0. The summed E-state index contributed by atoms with van der Waals surface area (Å²) >= 11 is 0. The lowest BCUT2D eigenvalue weighted by Gasteiger charge is -2.31. The monoisotopic (exact) mass is 292 g/mol. The van der Waals surface area contributed by atoms with Gasteiger partial charge in [-0.3, -0.25) is 4.79 Å². The van der Waals surface area contributed by atoms with Crippen molar-refractivity contribution in [3.05, 3.63) is 12.3 Å². The molecule has 0 aromatic carbocycles. The number of carboxylic acids is 1. The first-order chi connectivity index (χ1) is 8.54. The van der Waals surface area contributed by atoms with Gasteiger partial charge in [0.25, 0.3) is 0 Å². The van der Waals surface area contributed by atoms with Gasteiger partial charge in [0.2, 0.25) is 0 Å². The third-order valence-corrected chi connectivity index (χ3v) is 3.71. The van der Waals surface area contributed by atoms with E-state index < -0.39 is 34.4 Å². The molecule has 19 heavy (non-hydrogen) atoms. The zero-order valence-electron chi connectivity index (χ0n) is 10.9. The molecule has 0 saturated heterocycles. The number of rotatable bonds is 2. The average molecular weight is 292 g/mol. The Hall–Kier alpha value is -1.61. The van der Waals surface area contributed by atoms with Gasteiger partial charge < -0.3 is 9.84 Å². The van der Waals surface area contributed by atoms with E-state index in [2.05, 4.69) is 0 Å². The molecule has 1 aliphatic heterocycles. The molecule has 0 atom stereocenters. The Morgan fingerprint density at radius 3 is 2.42 bits per heavy atom. The van der Waals surface area contributed by atoms with Crippen molar-refractivity contribution in [1.82, 2.24) is 8.61 Å². The number of hydrogen-bond acceptors (Lipinski definition) is 5. The summed E-state index contributed by atoms with van der Waals surface area (Å²) in [5.74, 6) is -1.30. The van der Waals surface area contributed by atoms with Gasteiger partial charge in [0.1, 0.15) is 12.1 Å². The van der Waals surface area contributed by atoms with E-state index in [9.17, 15) is 18.0 Å². The molecule has 1 rings (SSSR count). The number of aliphatic carboxylic acids is 1. The van der Waals surface area contributed by atoms with Crippen LogP contribution < -0.4 is 0 Å². The van der Waals surface area contributed by atoms with Gasteiger partial charge in [0.15, 0.2) is 0 Å². The molecule has 1 N–H and O–H groups in total. The predicted molar refractivity (Wildman–Crippen MR) is 65.3 cm³/mol. The highest BCUT2D eigenvalue weighted by Crippen LogP contribution is 2.18. The zero-order valence-corrected chi connectivity index (χ0v) is 11.7. The van der Waals surface area contributed by atoms with Crippen LogP contribution in [0.1, 0.15) is 20.8 Å². The van der Waals surface area contributed by atoms with Crippen molar-refractivity contribution >= 4 is 22.3 Å². The fourth-order valence-electron chi connectivity index (χ4n) is 1.31. The highest BCUT2D eigenvalue weighted by Gasteiger charge is 2.37. The number of carbonyl (C=O) groups excluding carboxylic acids is 1. The van der Waals surface area contributed by atoms with Gasteiger partial charge in [0.05, 0.1) is 0 Å². The van der Waals surface area contributed by atoms with Crippen molar-refractivity contribution in [2.75, 3.05) is 13.1 Å². The van der Waals surface area contributed by atoms with Crippen LogP contribution in [0.4, 0.5) is 4.79 Å². The van der Waals surface area contributed by atoms with E-state index in [1.54, 1.807) is 20.8 Å².